The van der Waals surface area contributed by atoms with Gasteiger partial charge in [0.2, 0.25) is 0 Å². The summed E-state index contributed by atoms with van der Waals surface area (Å²) in [5.74, 6) is -1.07. The minimum absolute atomic E-state index is 0.130. The van der Waals surface area contributed by atoms with E-state index in [1.54, 1.807) is 6.92 Å². The number of nitro groups is 2. The summed E-state index contributed by atoms with van der Waals surface area (Å²) in [7, 11) is 0. The fourth-order valence-electron chi connectivity index (χ4n) is 1.27. The maximum absolute atomic E-state index is 11.1. The van der Waals surface area contributed by atoms with Crippen LogP contribution < -0.4 is 4.74 Å². The van der Waals surface area contributed by atoms with Gasteiger partial charge in [-0.05, 0) is 6.92 Å². The fourth-order valence-corrected chi connectivity index (χ4v) is 1.49. The van der Waals surface area contributed by atoms with Gasteiger partial charge in [-0.1, -0.05) is 11.6 Å². The van der Waals surface area contributed by atoms with E-state index < -0.39 is 33.8 Å². The van der Waals surface area contributed by atoms with Crippen LogP contribution in [0.15, 0.2) is 12.1 Å². The molecule has 0 heterocycles. The highest BCUT2D eigenvalue weighted by Gasteiger charge is 2.25. The van der Waals surface area contributed by atoms with Gasteiger partial charge < -0.3 is 9.47 Å². The zero-order valence-corrected chi connectivity index (χ0v) is 11.0. The van der Waals surface area contributed by atoms with Gasteiger partial charge in [0.15, 0.2) is 12.4 Å². The molecule has 0 radical (unpaired) electrons. The molecule has 0 aliphatic carbocycles. The number of hydrogen-bond acceptors (Lipinski definition) is 7. The van der Waals surface area contributed by atoms with Crippen molar-refractivity contribution in [1.82, 2.24) is 0 Å². The lowest BCUT2D eigenvalue weighted by atomic mass is 10.2. The van der Waals surface area contributed by atoms with Gasteiger partial charge in [-0.15, -0.1) is 0 Å². The monoisotopic (exact) mass is 304 g/mol. The topological polar surface area (TPSA) is 122 Å². The van der Waals surface area contributed by atoms with Gasteiger partial charge >= 0.3 is 11.7 Å². The van der Waals surface area contributed by atoms with E-state index in [-0.39, 0.29) is 17.4 Å². The van der Waals surface area contributed by atoms with Crippen molar-refractivity contribution in [2.75, 3.05) is 13.2 Å². The number of nitrogens with zero attached hydrogens (tertiary/aromatic N) is 2. The predicted octanol–water partition coefficient (Wildman–Crippen LogP) is 2.10. The number of hydrogen-bond donors (Lipinski definition) is 0. The number of carbonyl (C=O) groups excluding carboxylic acids is 1. The third-order valence-corrected chi connectivity index (χ3v) is 2.38. The zero-order valence-electron chi connectivity index (χ0n) is 10.2. The molecule has 0 atom stereocenters. The zero-order chi connectivity index (χ0) is 15.3. The molecular weight excluding hydrogens is 296 g/mol. The molecule has 1 aromatic carbocycles. The molecule has 20 heavy (non-hydrogen) atoms. The van der Waals surface area contributed by atoms with Crippen LogP contribution >= 0.6 is 11.6 Å². The van der Waals surface area contributed by atoms with Gasteiger partial charge in [-0.25, -0.2) is 4.79 Å². The minimum Gasteiger partial charge on any atom is -0.475 e. The van der Waals surface area contributed by atoms with Crippen molar-refractivity contribution in [2.24, 2.45) is 0 Å². The quantitative estimate of drug-likeness (QED) is 0.448. The number of halogens is 1. The Labute approximate surface area is 117 Å². The largest absolute Gasteiger partial charge is 0.475 e. The smallest absolute Gasteiger partial charge is 0.344 e. The molecule has 1 aromatic rings. The molecule has 0 amide bonds. The van der Waals surface area contributed by atoms with E-state index in [1.165, 1.54) is 0 Å². The average molecular weight is 305 g/mol. The molecule has 108 valence electrons. The molecular formula is C10H9ClN2O7. The van der Waals surface area contributed by atoms with Crippen molar-refractivity contribution in [3.05, 3.63) is 37.4 Å². The maximum Gasteiger partial charge on any atom is 0.344 e. The maximum atomic E-state index is 11.1. The highest BCUT2D eigenvalue weighted by Crippen LogP contribution is 2.37. The summed E-state index contributed by atoms with van der Waals surface area (Å²) in [5, 5.41) is 21.1. The van der Waals surface area contributed by atoms with E-state index >= 15 is 0 Å². The lowest BCUT2D eigenvalue weighted by Gasteiger charge is -2.07. The Balaban J connectivity index is 3.06. The third kappa shape index (κ3) is 3.79. The van der Waals surface area contributed by atoms with E-state index in [1.807, 2.05) is 0 Å². The minimum atomic E-state index is -0.871. The molecule has 0 N–H and O–H groups in total. The van der Waals surface area contributed by atoms with Crippen LogP contribution in [0.4, 0.5) is 11.4 Å². The van der Waals surface area contributed by atoms with Crippen molar-refractivity contribution in [3.8, 4) is 5.75 Å². The van der Waals surface area contributed by atoms with Crippen LogP contribution in [0.25, 0.3) is 0 Å². The Hall–Kier alpha value is -2.42. The SMILES string of the molecule is CCOC(=O)COc1cc(Cl)c([N+](=O)[O-])cc1[N+](=O)[O-]. The Kier molecular flexibility index (Phi) is 5.21. The van der Waals surface area contributed by atoms with Crippen LogP contribution in [0.3, 0.4) is 0 Å². The summed E-state index contributed by atoms with van der Waals surface area (Å²) in [4.78, 5) is 30.8. The normalized spacial score (nSPS) is 9.90. The van der Waals surface area contributed by atoms with Gasteiger partial charge in [0.05, 0.1) is 22.5 Å². The third-order valence-electron chi connectivity index (χ3n) is 2.07. The van der Waals surface area contributed by atoms with Gasteiger partial charge in [0, 0.05) is 6.07 Å². The second-order valence-electron chi connectivity index (χ2n) is 3.38. The van der Waals surface area contributed by atoms with Crippen molar-refractivity contribution in [2.45, 2.75) is 6.92 Å². The van der Waals surface area contributed by atoms with Crippen molar-refractivity contribution >= 4 is 28.9 Å². The van der Waals surface area contributed by atoms with E-state index in [2.05, 4.69) is 4.74 Å². The highest BCUT2D eigenvalue weighted by atomic mass is 35.5. The van der Waals surface area contributed by atoms with Gasteiger partial charge in [0.1, 0.15) is 5.02 Å². The van der Waals surface area contributed by atoms with Crippen LogP contribution in [-0.4, -0.2) is 29.0 Å². The molecule has 10 heteroatoms. The lowest BCUT2D eigenvalue weighted by molar-refractivity contribution is -0.394. The summed E-state index contributed by atoms with van der Waals surface area (Å²) < 4.78 is 9.49. The average Bonchev–Trinajstić information content (AvgIpc) is 2.35. The molecule has 0 fully saturated rings. The predicted molar refractivity (Wildman–Crippen MR) is 66.9 cm³/mol. The molecule has 0 aliphatic rings. The molecule has 0 unspecified atom stereocenters. The molecule has 9 nitrogen and oxygen atoms in total. The fraction of sp³-hybridized carbons (Fsp3) is 0.300. The number of carbonyl (C=O) groups is 1. The first-order chi connectivity index (χ1) is 9.36. The summed E-state index contributed by atoms with van der Waals surface area (Å²) >= 11 is 5.62. The van der Waals surface area contributed by atoms with Crippen LogP contribution in [0.1, 0.15) is 6.92 Å². The molecule has 0 saturated heterocycles. The van der Waals surface area contributed by atoms with Crippen LogP contribution in [-0.2, 0) is 9.53 Å². The Morgan fingerprint density at radius 1 is 1.25 bits per heavy atom. The Morgan fingerprint density at radius 2 is 1.85 bits per heavy atom. The number of rotatable bonds is 6. The van der Waals surface area contributed by atoms with Crippen LogP contribution in [0.2, 0.25) is 5.02 Å². The van der Waals surface area contributed by atoms with Gasteiger partial charge in [0.25, 0.3) is 5.69 Å². The number of nitro benzene ring substituents is 2. The number of benzene rings is 1. The second-order valence-corrected chi connectivity index (χ2v) is 3.79. The lowest BCUT2D eigenvalue weighted by Crippen LogP contribution is -2.15. The molecule has 0 spiro atoms. The van der Waals surface area contributed by atoms with E-state index in [9.17, 15) is 25.0 Å². The van der Waals surface area contributed by atoms with E-state index in [4.69, 9.17) is 16.3 Å². The van der Waals surface area contributed by atoms with E-state index in [0.717, 1.165) is 6.07 Å². The molecule has 0 aromatic heterocycles. The summed E-state index contributed by atoms with van der Waals surface area (Å²) in [6.45, 7) is 1.15. The summed E-state index contributed by atoms with van der Waals surface area (Å²) in [6.07, 6.45) is 0. The summed E-state index contributed by atoms with van der Waals surface area (Å²) in [6, 6.07) is 1.58. The van der Waals surface area contributed by atoms with Crippen molar-refractivity contribution in [3.63, 3.8) is 0 Å². The number of ether oxygens (including phenoxy) is 2. The first-order valence-corrected chi connectivity index (χ1v) is 5.65. The first-order valence-electron chi connectivity index (χ1n) is 5.27. The van der Waals surface area contributed by atoms with E-state index in [0.29, 0.717) is 6.07 Å². The van der Waals surface area contributed by atoms with Gasteiger partial charge in [-0.2, -0.15) is 0 Å². The molecule has 0 bridgehead atoms. The van der Waals surface area contributed by atoms with Crippen LogP contribution in [0.5, 0.6) is 5.75 Å². The second kappa shape index (κ2) is 6.66. The first kappa shape index (κ1) is 15.6. The molecule has 1 rings (SSSR count). The molecule has 0 saturated carbocycles. The highest BCUT2D eigenvalue weighted by molar-refractivity contribution is 6.32. The van der Waals surface area contributed by atoms with Crippen molar-refractivity contribution in [1.29, 1.82) is 0 Å². The molecule has 0 aliphatic heterocycles. The van der Waals surface area contributed by atoms with Crippen LogP contribution in [0, 0.1) is 20.2 Å². The number of esters is 1. The standard InChI is InChI=1S/C10H9ClN2O7/c1-2-19-10(14)5-20-9-3-6(11)7(12(15)16)4-8(9)13(17)18/h3-4H,2,5H2,1H3. The summed E-state index contributed by atoms with van der Waals surface area (Å²) in [5.41, 5.74) is -1.28. The van der Waals surface area contributed by atoms with Gasteiger partial charge in [-0.3, -0.25) is 20.2 Å². The Morgan fingerprint density at radius 3 is 2.35 bits per heavy atom. The van der Waals surface area contributed by atoms with Crippen molar-refractivity contribution < 1.29 is 24.1 Å². The Bertz CT molecular complexity index is 561.